The number of hydrogen-bond donors (Lipinski definition) is 0. The van der Waals surface area contributed by atoms with Crippen LogP contribution in [0.25, 0.3) is 0 Å². The van der Waals surface area contributed by atoms with E-state index in [0.717, 1.165) is 19.0 Å². The van der Waals surface area contributed by atoms with Crippen LogP contribution < -0.4 is 4.90 Å². The molecule has 22 heavy (non-hydrogen) atoms. The van der Waals surface area contributed by atoms with Crippen LogP contribution in [0.1, 0.15) is 70.4 Å². The molecule has 1 saturated carbocycles. The van der Waals surface area contributed by atoms with Gasteiger partial charge < -0.3 is 9.80 Å². The Hall–Kier alpha value is -1.02. The maximum absolute atomic E-state index is 2.57. The van der Waals surface area contributed by atoms with Gasteiger partial charge in [0.25, 0.3) is 0 Å². The van der Waals surface area contributed by atoms with E-state index in [1.807, 2.05) is 13.8 Å². The van der Waals surface area contributed by atoms with Crippen LogP contribution in [-0.4, -0.2) is 37.6 Å². The van der Waals surface area contributed by atoms with Gasteiger partial charge in [-0.1, -0.05) is 33.8 Å². The molecule has 1 aliphatic carbocycles. The third-order valence-electron chi connectivity index (χ3n) is 5.03. The summed E-state index contributed by atoms with van der Waals surface area (Å²) in [5, 5.41) is 0. The summed E-state index contributed by atoms with van der Waals surface area (Å²) in [6.45, 7) is 14.5. The summed E-state index contributed by atoms with van der Waals surface area (Å²) in [4.78, 5) is 5.03. The van der Waals surface area contributed by atoms with Crippen molar-refractivity contribution in [2.75, 3.05) is 31.6 Å². The second-order valence-electron chi connectivity index (χ2n) is 7.02. The highest BCUT2D eigenvalue weighted by Gasteiger charge is 2.28. The third kappa shape index (κ3) is 3.84. The molecule has 1 unspecified atom stereocenters. The zero-order valence-electron chi connectivity index (χ0n) is 15.4. The van der Waals surface area contributed by atoms with Gasteiger partial charge in [0.1, 0.15) is 0 Å². The van der Waals surface area contributed by atoms with Gasteiger partial charge in [-0.15, -0.1) is 0 Å². The molecule has 1 aromatic carbocycles. The summed E-state index contributed by atoms with van der Waals surface area (Å²) in [5.74, 6) is 1.49. The van der Waals surface area contributed by atoms with Crippen LogP contribution in [0.3, 0.4) is 0 Å². The molecule has 1 atom stereocenters. The van der Waals surface area contributed by atoms with Crippen molar-refractivity contribution in [3.63, 3.8) is 0 Å². The van der Waals surface area contributed by atoms with E-state index in [1.165, 1.54) is 25.1 Å². The molecule has 1 aromatic rings. The minimum Gasteiger partial charge on any atom is -0.369 e. The largest absolute Gasteiger partial charge is 0.369 e. The molecule has 2 nitrogen and oxygen atoms in total. The van der Waals surface area contributed by atoms with E-state index < -0.39 is 0 Å². The minimum absolute atomic E-state index is 0.645. The third-order valence-corrected chi connectivity index (χ3v) is 5.03. The maximum Gasteiger partial charge on any atom is 0.0370 e. The number of benzene rings is 1. The Labute approximate surface area is 137 Å². The second-order valence-corrected chi connectivity index (χ2v) is 7.02. The number of piperazine rings is 1. The van der Waals surface area contributed by atoms with Gasteiger partial charge in [-0.25, -0.2) is 0 Å². The molecule has 2 fully saturated rings. The SMILES string of the molecule is CC.CC(C)c1ccc(N2CCN(C)C(C)C2)cc1C1CC1. The summed E-state index contributed by atoms with van der Waals surface area (Å²) in [6, 6.07) is 7.87. The quantitative estimate of drug-likeness (QED) is 0.787. The molecule has 2 heteroatoms. The van der Waals surface area contributed by atoms with E-state index >= 15 is 0 Å². The molecule has 0 radical (unpaired) electrons. The Morgan fingerprint density at radius 3 is 2.32 bits per heavy atom. The van der Waals surface area contributed by atoms with Gasteiger partial charge in [-0.05, 0) is 61.9 Å². The summed E-state index contributed by atoms with van der Waals surface area (Å²) >= 11 is 0. The molecule has 1 saturated heterocycles. The smallest absolute Gasteiger partial charge is 0.0370 e. The van der Waals surface area contributed by atoms with E-state index in [2.05, 4.69) is 55.8 Å². The molecule has 2 aliphatic rings. The first kappa shape index (κ1) is 17.3. The lowest BCUT2D eigenvalue weighted by Gasteiger charge is -2.39. The number of anilines is 1. The normalized spacial score (nSPS) is 22.5. The lowest BCUT2D eigenvalue weighted by Crippen LogP contribution is -2.50. The van der Waals surface area contributed by atoms with Crippen molar-refractivity contribution in [1.82, 2.24) is 4.90 Å². The van der Waals surface area contributed by atoms with Crippen molar-refractivity contribution in [3.8, 4) is 0 Å². The van der Waals surface area contributed by atoms with Crippen molar-refractivity contribution in [2.45, 2.75) is 65.3 Å². The van der Waals surface area contributed by atoms with Crippen molar-refractivity contribution in [2.24, 2.45) is 0 Å². The standard InChI is InChI=1S/C18H28N2.C2H6/c1-13(2)17-8-7-16(11-18(17)15-5-6-15)20-10-9-19(4)14(3)12-20;1-2/h7-8,11,13-15H,5-6,9-10,12H2,1-4H3;1-2H3. The zero-order valence-corrected chi connectivity index (χ0v) is 15.4. The van der Waals surface area contributed by atoms with E-state index in [0.29, 0.717) is 12.0 Å². The number of likely N-dealkylation sites (N-methyl/N-ethyl adjacent to an activating group) is 1. The van der Waals surface area contributed by atoms with Crippen LogP contribution in [-0.2, 0) is 0 Å². The van der Waals surface area contributed by atoms with E-state index in [1.54, 1.807) is 11.1 Å². The van der Waals surface area contributed by atoms with Crippen molar-refractivity contribution < 1.29 is 0 Å². The fraction of sp³-hybridized carbons (Fsp3) is 0.700. The number of nitrogens with zero attached hydrogens (tertiary/aromatic N) is 2. The Morgan fingerprint density at radius 1 is 1.09 bits per heavy atom. The highest BCUT2D eigenvalue weighted by molar-refractivity contribution is 5.54. The van der Waals surface area contributed by atoms with Crippen LogP contribution in [0.4, 0.5) is 5.69 Å². The first-order chi connectivity index (χ1) is 10.6. The summed E-state index contributed by atoms with van der Waals surface area (Å²) in [7, 11) is 2.24. The van der Waals surface area contributed by atoms with Crippen LogP contribution in [0.5, 0.6) is 0 Å². The van der Waals surface area contributed by atoms with Crippen LogP contribution in [0, 0.1) is 0 Å². The fourth-order valence-electron chi connectivity index (χ4n) is 3.32. The number of rotatable bonds is 3. The van der Waals surface area contributed by atoms with Crippen LogP contribution in [0.2, 0.25) is 0 Å². The van der Waals surface area contributed by atoms with Gasteiger partial charge >= 0.3 is 0 Å². The van der Waals surface area contributed by atoms with E-state index in [-0.39, 0.29) is 0 Å². The predicted octanol–water partition coefficient (Wildman–Crippen LogP) is 4.85. The van der Waals surface area contributed by atoms with Gasteiger partial charge in [-0.3, -0.25) is 0 Å². The highest BCUT2D eigenvalue weighted by atomic mass is 15.3. The molecule has 3 rings (SSSR count). The zero-order chi connectivity index (χ0) is 16.3. The van der Waals surface area contributed by atoms with Crippen LogP contribution in [0.15, 0.2) is 18.2 Å². The average Bonchev–Trinajstić information content (AvgIpc) is 3.36. The lowest BCUT2D eigenvalue weighted by atomic mass is 9.93. The molecular weight excluding hydrogens is 268 g/mol. The minimum atomic E-state index is 0.645. The maximum atomic E-state index is 2.57. The highest BCUT2D eigenvalue weighted by Crippen LogP contribution is 2.44. The Morgan fingerprint density at radius 2 is 1.77 bits per heavy atom. The van der Waals surface area contributed by atoms with Gasteiger partial charge in [-0.2, -0.15) is 0 Å². The molecular formula is C20H34N2. The molecule has 124 valence electrons. The van der Waals surface area contributed by atoms with Crippen molar-refractivity contribution in [3.05, 3.63) is 29.3 Å². The molecule has 1 aliphatic heterocycles. The van der Waals surface area contributed by atoms with Gasteiger partial charge in [0.15, 0.2) is 0 Å². The molecule has 1 heterocycles. The average molecular weight is 303 g/mol. The fourth-order valence-corrected chi connectivity index (χ4v) is 3.32. The van der Waals surface area contributed by atoms with E-state index in [4.69, 9.17) is 0 Å². The Balaban J connectivity index is 0.000000847. The van der Waals surface area contributed by atoms with Crippen molar-refractivity contribution >= 4 is 5.69 Å². The second kappa shape index (κ2) is 7.50. The Bertz CT molecular complexity index is 477. The molecule has 0 N–H and O–H groups in total. The molecule has 0 bridgehead atoms. The van der Waals surface area contributed by atoms with Crippen LogP contribution >= 0.6 is 0 Å². The van der Waals surface area contributed by atoms with Gasteiger partial charge in [0.2, 0.25) is 0 Å². The summed E-state index contributed by atoms with van der Waals surface area (Å²) in [6.07, 6.45) is 2.78. The lowest BCUT2D eigenvalue weighted by molar-refractivity contribution is 0.234. The Kier molecular flexibility index (Phi) is 5.91. The van der Waals surface area contributed by atoms with Gasteiger partial charge in [0.05, 0.1) is 0 Å². The topological polar surface area (TPSA) is 6.48 Å². The monoisotopic (exact) mass is 302 g/mol. The first-order valence-corrected chi connectivity index (χ1v) is 9.15. The summed E-state index contributed by atoms with van der Waals surface area (Å²) in [5.41, 5.74) is 4.64. The first-order valence-electron chi connectivity index (χ1n) is 9.15. The molecule has 0 aromatic heterocycles. The van der Waals surface area contributed by atoms with E-state index in [9.17, 15) is 0 Å². The number of hydrogen-bond acceptors (Lipinski definition) is 2. The predicted molar refractivity (Wildman–Crippen MR) is 98.2 cm³/mol. The van der Waals surface area contributed by atoms with Gasteiger partial charge in [0, 0.05) is 31.4 Å². The van der Waals surface area contributed by atoms with Crippen molar-refractivity contribution in [1.29, 1.82) is 0 Å². The summed E-state index contributed by atoms with van der Waals surface area (Å²) < 4.78 is 0. The molecule has 0 amide bonds. The molecule has 0 spiro atoms.